The third-order valence-corrected chi connectivity index (χ3v) is 7.16. The first kappa shape index (κ1) is 27.3. The smallest absolute Gasteiger partial charge is 0.410 e. The van der Waals surface area contributed by atoms with Crippen LogP contribution in [0.15, 0.2) is 42.5 Å². The zero-order chi connectivity index (χ0) is 27.8. The van der Waals surface area contributed by atoms with Gasteiger partial charge in [0.25, 0.3) is 0 Å². The van der Waals surface area contributed by atoms with Crippen LogP contribution in [0.4, 0.5) is 21.9 Å². The normalized spacial score (nSPS) is 23.4. The summed E-state index contributed by atoms with van der Waals surface area (Å²) in [5.41, 5.74) is 3.39. The maximum atomic E-state index is 12.7. The summed E-state index contributed by atoms with van der Waals surface area (Å²) in [6.45, 7) is 12.8. The van der Waals surface area contributed by atoms with Crippen molar-refractivity contribution in [3.8, 4) is 6.07 Å². The molecule has 4 rings (SSSR count). The summed E-state index contributed by atoms with van der Waals surface area (Å²) in [7, 11) is 0. The van der Waals surface area contributed by atoms with Crippen molar-refractivity contribution in [1.29, 1.82) is 5.26 Å². The Morgan fingerprint density at radius 2 is 1.79 bits per heavy atom. The Kier molecular flexibility index (Phi) is 7.56. The number of amides is 2. The Morgan fingerprint density at radius 1 is 1.11 bits per heavy atom. The molecular weight excluding hydrogens is 482 g/mol. The lowest BCUT2D eigenvalue weighted by molar-refractivity contribution is -0.119. The van der Waals surface area contributed by atoms with Gasteiger partial charge in [0.05, 0.1) is 23.4 Å². The number of nitrogens with one attached hydrogen (secondary N) is 1. The van der Waals surface area contributed by atoms with Gasteiger partial charge in [-0.25, -0.2) is 4.79 Å². The number of hydrogen-bond acceptors (Lipinski definition) is 7. The summed E-state index contributed by atoms with van der Waals surface area (Å²) < 4.78 is 5.59. The van der Waals surface area contributed by atoms with Crippen molar-refractivity contribution in [2.75, 3.05) is 34.8 Å². The zero-order valence-electron chi connectivity index (χ0n) is 22.9. The molecule has 2 heterocycles. The first-order valence-electron chi connectivity index (χ1n) is 13.0. The first-order chi connectivity index (χ1) is 17.9. The zero-order valence-corrected chi connectivity index (χ0v) is 22.9. The number of carbonyl (C=O) groups is 2. The second-order valence-electron chi connectivity index (χ2n) is 11.2. The molecule has 0 radical (unpaired) electrons. The van der Waals surface area contributed by atoms with Crippen LogP contribution in [0.25, 0.3) is 0 Å². The van der Waals surface area contributed by atoms with E-state index in [-0.39, 0.29) is 30.0 Å². The van der Waals surface area contributed by atoms with E-state index in [1.165, 1.54) is 11.8 Å². The summed E-state index contributed by atoms with van der Waals surface area (Å²) in [6, 6.07) is 14.9. The van der Waals surface area contributed by atoms with Crippen molar-refractivity contribution in [3.05, 3.63) is 53.6 Å². The maximum absolute atomic E-state index is 12.7. The summed E-state index contributed by atoms with van der Waals surface area (Å²) in [6.07, 6.45) is -1.29. The summed E-state index contributed by atoms with van der Waals surface area (Å²) >= 11 is 0. The van der Waals surface area contributed by atoms with Gasteiger partial charge in [-0.2, -0.15) is 5.26 Å². The van der Waals surface area contributed by atoms with Gasteiger partial charge >= 0.3 is 6.09 Å². The Bertz CT molecular complexity index is 1230. The van der Waals surface area contributed by atoms with E-state index >= 15 is 0 Å². The number of nitriles is 1. The van der Waals surface area contributed by atoms with Crippen LogP contribution in [0.2, 0.25) is 0 Å². The Hall–Kier alpha value is -3.77. The van der Waals surface area contributed by atoms with Gasteiger partial charge in [0.1, 0.15) is 11.8 Å². The van der Waals surface area contributed by atoms with Gasteiger partial charge < -0.3 is 25.0 Å². The van der Waals surface area contributed by atoms with E-state index in [4.69, 9.17) is 10.00 Å². The fourth-order valence-corrected chi connectivity index (χ4v) is 5.21. The molecule has 2 aliphatic rings. The van der Waals surface area contributed by atoms with Crippen molar-refractivity contribution < 1.29 is 19.4 Å². The molecule has 4 atom stereocenters. The molecule has 2 aromatic rings. The number of benzene rings is 2. The van der Waals surface area contributed by atoms with E-state index in [1.807, 2.05) is 58.9 Å². The molecule has 9 nitrogen and oxygen atoms in total. The Morgan fingerprint density at radius 3 is 2.37 bits per heavy atom. The molecule has 0 aliphatic carbocycles. The van der Waals surface area contributed by atoms with E-state index in [1.54, 1.807) is 17.0 Å². The lowest BCUT2D eigenvalue weighted by Crippen LogP contribution is -2.55. The molecule has 2 N–H and O–H groups in total. The molecule has 0 bridgehead atoms. The van der Waals surface area contributed by atoms with Crippen LogP contribution < -0.4 is 15.1 Å². The van der Waals surface area contributed by atoms with Crippen molar-refractivity contribution in [3.63, 3.8) is 0 Å². The molecule has 202 valence electrons. The van der Waals surface area contributed by atoms with Gasteiger partial charge in [0, 0.05) is 55.5 Å². The van der Waals surface area contributed by atoms with Crippen LogP contribution in [0.5, 0.6) is 0 Å². The molecule has 9 heteroatoms. The quantitative estimate of drug-likeness (QED) is 0.615. The van der Waals surface area contributed by atoms with Crippen LogP contribution in [-0.4, -0.2) is 59.5 Å². The lowest BCUT2D eigenvalue weighted by atomic mass is 9.86. The average Bonchev–Trinajstić information content (AvgIpc) is 2.85. The second kappa shape index (κ2) is 10.5. The van der Waals surface area contributed by atoms with E-state index in [0.29, 0.717) is 30.9 Å². The van der Waals surface area contributed by atoms with E-state index in [0.717, 1.165) is 16.9 Å². The third kappa shape index (κ3) is 5.55. The summed E-state index contributed by atoms with van der Waals surface area (Å²) in [5, 5.41) is 23.7. The highest BCUT2D eigenvalue weighted by atomic mass is 16.6. The number of anilines is 3. The number of hydrogen-bond donors (Lipinski definition) is 2. The van der Waals surface area contributed by atoms with Gasteiger partial charge in [-0.3, -0.25) is 9.69 Å². The van der Waals surface area contributed by atoms with Crippen LogP contribution >= 0.6 is 0 Å². The topological polar surface area (TPSA) is 109 Å². The molecule has 38 heavy (non-hydrogen) atoms. The van der Waals surface area contributed by atoms with Crippen LogP contribution in [0.3, 0.4) is 0 Å². The number of carbonyl (C=O) groups excluding carboxylic acids is 2. The molecule has 0 saturated carbocycles. The number of piperazine rings is 1. The molecule has 0 unspecified atom stereocenters. The number of ether oxygens (including phenoxy) is 1. The molecule has 2 aromatic carbocycles. The van der Waals surface area contributed by atoms with Crippen LogP contribution in [-0.2, 0) is 9.53 Å². The van der Waals surface area contributed by atoms with Crippen molar-refractivity contribution in [1.82, 2.24) is 4.90 Å². The minimum absolute atomic E-state index is 0.0448. The monoisotopic (exact) mass is 519 g/mol. The molecule has 0 aromatic heterocycles. The van der Waals surface area contributed by atoms with Gasteiger partial charge in [0.15, 0.2) is 0 Å². The highest BCUT2D eigenvalue weighted by Gasteiger charge is 2.40. The van der Waals surface area contributed by atoms with Crippen molar-refractivity contribution >= 4 is 29.1 Å². The lowest BCUT2D eigenvalue weighted by Gasteiger charge is -2.44. The minimum Gasteiger partial charge on any atom is -0.444 e. The standard InChI is InChI=1S/C29H37N5O4/c1-18-17-32(13-14-33(18)28(37)38-29(4,5)6)23-11-12-25-24(15-23)26(19(2)27(36)34(25)20(3)35)31-22-9-7-21(16-30)8-10-22/h7-12,15,18-19,26-27,31,36H,13-14,17H2,1-6H3/t18-,19-,26-,27+/m1/s1. The molecule has 2 aliphatic heterocycles. The average molecular weight is 520 g/mol. The number of nitrogens with zero attached hydrogens (tertiary/aromatic N) is 4. The predicted molar refractivity (Wildman–Crippen MR) is 147 cm³/mol. The summed E-state index contributed by atoms with van der Waals surface area (Å²) in [5.74, 6) is -0.532. The second-order valence-corrected chi connectivity index (χ2v) is 11.2. The van der Waals surface area contributed by atoms with Gasteiger partial charge in [-0.05, 0) is 70.2 Å². The van der Waals surface area contributed by atoms with E-state index < -0.39 is 11.8 Å². The molecule has 1 saturated heterocycles. The van der Waals surface area contributed by atoms with Crippen molar-refractivity contribution in [2.24, 2.45) is 5.92 Å². The molecule has 2 amide bonds. The first-order valence-corrected chi connectivity index (χ1v) is 13.0. The third-order valence-electron chi connectivity index (χ3n) is 7.16. The SMILES string of the molecule is CC(=O)N1c2ccc(N3CCN(C(=O)OC(C)(C)C)[C@H](C)C3)cc2[C@H](Nc2ccc(C#N)cc2)[C@@H](C)[C@@H]1O. The number of rotatable bonds is 3. The minimum atomic E-state index is -0.987. The van der Waals surface area contributed by atoms with E-state index in [2.05, 4.69) is 22.4 Å². The molecular formula is C29H37N5O4. The highest BCUT2D eigenvalue weighted by Crippen LogP contribution is 2.43. The number of fused-ring (bicyclic) bond motifs is 1. The van der Waals surface area contributed by atoms with Crippen LogP contribution in [0, 0.1) is 17.2 Å². The highest BCUT2D eigenvalue weighted by molar-refractivity contribution is 5.94. The number of aliphatic hydroxyl groups excluding tert-OH is 1. The largest absolute Gasteiger partial charge is 0.444 e. The van der Waals surface area contributed by atoms with Gasteiger partial charge in [0.2, 0.25) is 5.91 Å². The molecule has 0 spiro atoms. The fourth-order valence-electron chi connectivity index (χ4n) is 5.21. The Balaban J connectivity index is 1.63. The molecule has 1 fully saturated rings. The van der Waals surface area contributed by atoms with Gasteiger partial charge in [-0.15, -0.1) is 0 Å². The Labute approximate surface area is 224 Å². The van der Waals surface area contributed by atoms with Crippen LogP contribution in [0.1, 0.15) is 58.7 Å². The van der Waals surface area contributed by atoms with Gasteiger partial charge in [-0.1, -0.05) is 6.92 Å². The fraction of sp³-hybridized carbons (Fsp3) is 0.483. The number of aliphatic hydroxyl groups is 1. The van der Waals surface area contributed by atoms with Crippen molar-refractivity contribution in [2.45, 2.75) is 65.5 Å². The maximum Gasteiger partial charge on any atom is 0.410 e. The van der Waals surface area contributed by atoms with E-state index in [9.17, 15) is 14.7 Å². The predicted octanol–water partition coefficient (Wildman–Crippen LogP) is 4.48. The summed E-state index contributed by atoms with van der Waals surface area (Å²) in [4.78, 5) is 30.7.